The molecular formula is C31H41N3O5. The molecule has 8 heteroatoms. The van der Waals surface area contributed by atoms with Crippen LogP contribution in [0.5, 0.6) is 0 Å². The van der Waals surface area contributed by atoms with E-state index in [1.165, 1.54) is 31.9 Å². The van der Waals surface area contributed by atoms with E-state index in [2.05, 4.69) is 17.6 Å². The van der Waals surface area contributed by atoms with Gasteiger partial charge in [0.2, 0.25) is 0 Å². The third kappa shape index (κ3) is 8.17. The van der Waals surface area contributed by atoms with E-state index in [4.69, 9.17) is 9.47 Å². The smallest absolute Gasteiger partial charge is 0.338 e. The molecule has 0 radical (unpaired) electrons. The number of rotatable bonds is 14. The maximum Gasteiger partial charge on any atom is 0.338 e. The number of benzene rings is 2. The van der Waals surface area contributed by atoms with Crippen LogP contribution in [-0.4, -0.2) is 49.7 Å². The molecule has 1 atom stereocenters. The first kappa shape index (κ1) is 29.9. The zero-order chi connectivity index (χ0) is 28.2. The van der Waals surface area contributed by atoms with Crippen LogP contribution < -0.4 is 10.6 Å². The van der Waals surface area contributed by atoms with Gasteiger partial charge in [-0.1, -0.05) is 57.4 Å². The quantitative estimate of drug-likeness (QED) is 0.228. The third-order valence-corrected chi connectivity index (χ3v) is 6.82. The van der Waals surface area contributed by atoms with Gasteiger partial charge in [-0.15, -0.1) is 0 Å². The lowest BCUT2D eigenvalue weighted by Crippen LogP contribution is -2.48. The molecule has 2 aromatic rings. The fraction of sp³-hybridized carbons (Fsp3) is 0.452. The standard InChI is InChI=1S/C31H41N3O5/c1-5-7-8-9-10-23-11-13-25(14-12-23)29(35)32-26-17-15-24(16-18-26)28-27(30(36)39-21-20-38-4)22(3)34(19-6-2)31(37)33-28/h11-18,28H,5-10,19-21H2,1-4H3,(H,32,35)(H,33,37). The summed E-state index contributed by atoms with van der Waals surface area (Å²) in [5.74, 6) is -0.693. The van der Waals surface area contributed by atoms with E-state index in [0.717, 1.165) is 19.3 Å². The Morgan fingerprint density at radius 3 is 2.31 bits per heavy atom. The van der Waals surface area contributed by atoms with Crippen molar-refractivity contribution in [1.29, 1.82) is 0 Å². The molecule has 210 valence electrons. The molecule has 1 aliphatic heterocycles. The number of carbonyl (C=O) groups is 3. The predicted octanol–water partition coefficient (Wildman–Crippen LogP) is 6.00. The number of amides is 3. The monoisotopic (exact) mass is 535 g/mol. The second kappa shape index (κ2) is 15.1. The second-order valence-electron chi connectivity index (χ2n) is 9.75. The Morgan fingerprint density at radius 2 is 1.67 bits per heavy atom. The van der Waals surface area contributed by atoms with Crippen molar-refractivity contribution in [3.8, 4) is 0 Å². The van der Waals surface area contributed by atoms with Gasteiger partial charge in [-0.25, -0.2) is 9.59 Å². The first-order valence-electron chi connectivity index (χ1n) is 13.8. The number of hydrogen-bond donors (Lipinski definition) is 2. The Morgan fingerprint density at radius 1 is 0.949 bits per heavy atom. The molecule has 2 N–H and O–H groups in total. The maximum absolute atomic E-state index is 13.0. The number of nitrogens with zero attached hydrogens (tertiary/aromatic N) is 1. The SMILES string of the molecule is CCCCCCc1ccc(C(=O)Nc2ccc(C3NC(=O)N(CCC)C(C)=C3C(=O)OCCOC)cc2)cc1. The van der Waals surface area contributed by atoms with Gasteiger partial charge >= 0.3 is 12.0 Å². The van der Waals surface area contributed by atoms with E-state index in [-0.39, 0.29) is 25.2 Å². The van der Waals surface area contributed by atoms with Crippen LogP contribution in [0, 0.1) is 0 Å². The molecule has 0 saturated carbocycles. The Kier molecular flexibility index (Phi) is 11.6. The number of ether oxygens (including phenoxy) is 2. The van der Waals surface area contributed by atoms with Gasteiger partial charge in [0.05, 0.1) is 18.2 Å². The van der Waals surface area contributed by atoms with Gasteiger partial charge in [-0.3, -0.25) is 9.69 Å². The van der Waals surface area contributed by atoms with Gasteiger partial charge in [0, 0.05) is 30.6 Å². The van der Waals surface area contributed by atoms with Crippen molar-refractivity contribution >= 4 is 23.6 Å². The van der Waals surface area contributed by atoms with E-state index in [0.29, 0.717) is 34.6 Å². The first-order valence-corrected chi connectivity index (χ1v) is 13.8. The summed E-state index contributed by atoms with van der Waals surface area (Å²) in [7, 11) is 1.54. The molecule has 0 saturated heterocycles. The van der Waals surface area contributed by atoms with Gasteiger partial charge in [0.1, 0.15) is 6.61 Å². The molecule has 0 fully saturated rings. The average molecular weight is 536 g/mol. The number of methoxy groups -OCH3 is 1. The average Bonchev–Trinajstić information content (AvgIpc) is 2.94. The highest BCUT2D eigenvalue weighted by molar-refractivity contribution is 6.04. The summed E-state index contributed by atoms with van der Waals surface area (Å²) in [6.45, 7) is 6.82. The minimum absolute atomic E-state index is 0.116. The van der Waals surface area contributed by atoms with Crippen molar-refractivity contribution in [2.75, 3.05) is 32.2 Å². The summed E-state index contributed by atoms with van der Waals surface area (Å²) in [4.78, 5) is 40.2. The number of unbranched alkanes of at least 4 members (excludes halogenated alkanes) is 3. The van der Waals surface area contributed by atoms with Gasteiger partial charge in [0.25, 0.3) is 5.91 Å². The van der Waals surface area contributed by atoms with E-state index in [1.807, 2.05) is 31.2 Å². The third-order valence-electron chi connectivity index (χ3n) is 6.82. The summed E-state index contributed by atoms with van der Waals surface area (Å²) >= 11 is 0. The first-order chi connectivity index (χ1) is 18.9. The minimum Gasteiger partial charge on any atom is -0.460 e. The van der Waals surface area contributed by atoms with Gasteiger partial charge in [-0.2, -0.15) is 0 Å². The lowest BCUT2D eigenvalue weighted by Gasteiger charge is -2.35. The summed E-state index contributed by atoms with van der Waals surface area (Å²) in [5, 5.41) is 5.87. The normalized spacial score (nSPS) is 15.2. The molecule has 8 nitrogen and oxygen atoms in total. The van der Waals surface area contributed by atoms with Crippen LogP contribution >= 0.6 is 0 Å². The number of allylic oxidation sites excluding steroid dienone is 1. The van der Waals surface area contributed by atoms with Crippen molar-refractivity contribution in [1.82, 2.24) is 10.2 Å². The Bertz CT molecular complexity index is 1140. The molecule has 2 aromatic carbocycles. The number of carbonyl (C=O) groups excluding carboxylic acids is 3. The number of urea groups is 1. The lowest BCUT2D eigenvalue weighted by molar-refractivity contribution is -0.140. The number of hydrogen-bond acceptors (Lipinski definition) is 5. The van der Waals surface area contributed by atoms with Crippen LogP contribution in [0.3, 0.4) is 0 Å². The Hall–Kier alpha value is -3.65. The highest BCUT2D eigenvalue weighted by Gasteiger charge is 2.36. The zero-order valence-corrected chi connectivity index (χ0v) is 23.5. The molecule has 0 aliphatic carbocycles. The van der Waals surface area contributed by atoms with Crippen molar-refractivity contribution in [3.63, 3.8) is 0 Å². The number of aryl methyl sites for hydroxylation is 1. The summed E-state index contributed by atoms with van der Waals surface area (Å²) < 4.78 is 10.4. The lowest BCUT2D eigenvalue weighted by atomic mass is 9.94. The molecule has 1 aliphatic rings. The summed E-state index contributed by atoms with van der Waals surface area (Å²) in [6.07, 6.45) is 6.61. The van der Waals surface area contributed by atoms with Crippen LogP contribution in [0.1, 0.15) is 80.4 Å². The molecule has 0 aromatic heterocycles. The fourth-order valence-corrected chi connectivity index (χ4v) is 4.62. The predicted molar refractivity (Wildman–Crippen MR) is 152 cm³/mol. The highest BCUT2D eigenvalue weighted by Crippen LogP contribution is 2.32. The Labute approximate surface area is 231 Å². The number of esters is 1. The molecule has 39 heavy (non-hydrogen) atoms. The maximum atomic E-state index is 13.0. The molecule has 3 rings (SSSR count). The molecule has 1 heterocycles. The van der Waals surface area contributed by atoms with Crippen molar-refractivity contribution < 1.29 is 23.9 Å². The summed E-state index contributed by atoms with van der Waals surface area (Å²) in [6, 6.07) is 13.9. The van der Waals surface area contributed by atoms with E-state index in [9.17, 15) is 14.4 Å². The molecular weight excluding hydrogens is 494 g/mol. The molecule has 1 unspecified atom stereocenters. The van der Waals surface area contributed by atoms with Crippen LogP contribution in [0.25, 0.3) is 0 Å². The topological polar surface area (TPSA) is 97.0 Å². The minimum atomic E-state index is -0.671. The molecule has 0 spiro atoms. The van der Waals surface area contributed by atoms with Gasteiger partial charge < -0.3 is 20.1 Å². The number of anilines is 1. The van der Waals surface area contributed by atoms with Crippen LogP contribution in [-0.2, 0) is 20.7 Å². The Balaban J connectivity index is 1.72. The van der Waals surface area contributed by atoms with Crippen LogP contribution in [0.4, 0.5) is 10.5 Å². The van der Waals surface area contributed by atoms with Gasteiger partial charge in [0.15, 0.2) is 0 Å². The summed E-state index contributed by atoms with van der Waals surface area (Å²) in [5.41, 5.74) is 4.10. The molecule has 3 amide bonds. The van der Waals surface area contributed by atoms with E-state index >= 15 is 0 Å². The largest absolute Gasteiger partial charge is 0.460 e. The van der Waals surface area contributed by atoms with Gasteiger partial charge in [-0.05, 0) is 61.6 Å². The second-order valence-corrected chi connectivity index (χ2v) is 9.75. The molecule has 0 bridgehead atoms. The van der Waals surface area contributed by atoms with Crippen LogP contribution in [0.15, 0.2) is 59.8 Å². The van der Waals surface area contributed by atoms with Crippen molar-refractivity contribution in [2.24, 2.45) is 0 Å². The highest BCUT2D eigenvalue weighted by atomic mass is 16.6. The van der Waals surface area contributed by atoms with Crippen LogP contribution in [0.2, 0.25) is 0 Å². The zero-order valence-electron chi connectivity index (χ0n) is 23.5. The van der Waals surface area contributed by atoms with Crippen molar-refractivity contribution in [2.45, 2.75) is 65.3 Å². The fourth-order valence-electron chi connectivity index (χ4n) is 4.62. The number of nitrogens with one attached hydrogen (secondary N) is 2. The van der Waals surface area contributed by atoms with E-state index in [1.54, 1.807) is 36.1 Å². The van der Waals surface area contributed by atoms with E-state index < -0.39 is 12.0 Å². The van der Waals surface area contributed by atoms with Crippen molar-refractivity contribution in [3.05, 3.63) is 76.5 Å².